The maximum Gasteiger partial charge on any atom is 0.303 e. The Morgan fingerprint density at radius 1 is 1.47 bits per heavy atom. The van der Waals surface area contributed by atoms with Crippen molar-refractivity contribution >= 4 is 33.3 Å². The van der Waals surface area contributed by atoms with Crippen molar-refractivity contribution in [3.8, 4) is 5.75 Å². The summed E-state index contributed by atoms with van der Waals surface area (Å²) in [5.74, 6) is -0.846. The number of hydrogen-bond acceptors (Lipinski definition) is 4. The summed E-state index contributed by atoms with van der Waals surface area (Å²) in [6, 6.07) is 4.48. The van der Waals surface area contributed by atoms with E-state index in [2.05, 4.69) is 4.72 Å². The van der Waals surface area contributed by atoms with Gasteiger partial charge in [-0.25, -0.2) is 8.42 Å². The van der Waals surface area contributed by atoms with Gasteiger partial charge in [-0.3, -0.25) is 9.52 Å². The zero-order chi connectivity index (χ0) is 14.5. The molecular formula is C11H14ClNO5S. The topological polar surface area (TPSA) is 92.7 Å². The highest BCUT2D eigenvalue weighted by atomic mass is 35.5. The average Bonchev–Trinajstić information content (AvgIpc) is 2.27. The average molecular weight is 308 g/mol. The fourth-order valence-electron chi connectivity index (χ4n) is 1.37. The van der Waals surface area contributed by atoms with E-state index in [4.69, 9.17) is 21.4 Å². The smallest absolute Gasteiger partial charge is 0.303 e. The number of rotatable bonds is 7. The van der Waals surface area contributed by atoms with Gasteiger partial charge in [0.15, 0.2) is 0 Å². The van der Waals surface area contributed by atoms with E-state index in [9.17, 15) is 13.2 Å². The van der Waals surface area contributed by atoms with Gasteiger partial charge in [-0.2, -0.15) is 0 Å². The van der Waals surface area contributed by atoms with Crippen LogP contribution in [-0.4, -0.2) is 32.4 Å². The molecule has 1 rings (SSSR count). The summed E-state index contributed by atoms with van der Waals surface area (Å²) in [5.41, 5.74) is 0.307. The van der Waals surface area contributed by atoms with Crippen molar-refractivity contribution in [2.24, 2.45) is 0 Å². The van der Waals surface area contributed by atoms with Crippen LogP contribution in [0, 0.1) is 0 Å². The molecule has 2 N–H and O–H groups in total. The van der Waals surface area contributed by atoms with Crippen molar-refractivity contribution in [1.29, 1.82) is 0 Å². The van der Waals surface area contributed by atoms with Crippen LogP contribution in [0.4, 0.5) is 5.69 Å². The number of carboxylic acid groups (broad SMARTS) is 1. The van der Waals surface area contributed by atoms with Crippen LogP contribution in [0.15, 0.2) is 18.2 Å². The van der Waals surface area contributed by atoms with Gasteiger partial charge in [-0.15, -0.1) is 0 Å². The van der Waals surface area contributed by atoms with Crippen molar-refractivity contribution in [2.45, 2.75) is 12.8 Å². The monoisotopic (exact) mass is 307 g/mol. The Bertz CT molecular complexity index is 558. The van der Waals surface area contributed by atoms with E-state index in [0.717, 1.165) is 0 Å². The zero-order valence-electron chi connectivity index (χ0n) is 10.2. The van der Waals surface area contributed by atoms with Crippen LogP contribution in [-0.2, 0) is 14.8 Å². The number of sulfonamides is 1. The third-order valence-corrected chi connectivity index (χ3v) is 3.90. The first-order valence-electron chi connectivity index (χ1n) is 5.40. The first-order valence-corrected chi connectivity index (χ1v) is 7.43. The van der Waals surface area contributed by atoms with E-state index in [1.807, 2.05) is 0 Å². The van der Waals surface area contributed by atoms with Gasteiger partial charge in [0.2, 0.25) is 10.0 Å². The molecule has 19 heavy (non-hydrogen) atoms. The maximum absolute atomic E-state index is 11.7. The van der Waals surface area contributed by atoms with Crippen LogP contribution in [0.1, 0.15) is 12.8 Å². The number of methoxy groups -OCH3 is 1. The van der Waals surface area contributed by atoms with Gasteiger partial charge < -0.3 is 9.84 Å². The molecule has 0 spiro atoms. The zero-order valence-corrected chi connectivity index (χ0v) is 11.8. The minimum atomic E-state index is -3.58. The van der Waals surface area contributed by atoms with E-state index in [1.54, 1.807) is 0 Å². The molecule has 1 aromatic rings. The number of carbonyl (C=O) groups is 1. The first-order chi connectivity index (χ1) is 8.84. The molecule has 0 unspecified atom stereocenters. The van der Waals surface area contributed by atoms with Gasteiger partial charge >= 0.3 is 5.97 Å². The molecule has 0 aliphatic rings. The van der Waals surface area contributed by atoms with Gasteiger partial charge in [0.25, 0.3) is 0 Å². The molecule has 1 aromatic carbocycles. The second kappa shape index (κ2) is 6.63. The second-order valence-corrected chi connectivity index (χ2v) is 6.02. The molecular weight excluding hydrogens is 294 g/mol. The van der Waals surface area contributed by atoms with Crippen LogP contribution in [0.3, 0.4) is 0 Å². The maximum atomic E-state index is 11.7. The van der Waals surface area contributed by atoms with Gasteiger partial charge in [-0.1, -0.05) is 11.6 Å². The molecule has 0 aliphatic carbocycles. The molecule has 0 heterocycles. The number of carboxylic acids is 1. The van der Waals surface area contributed by atoms with Crippen molar-refractivity contribution in [3.05, 3.63) is 23.2 Å². The van der Waals surface area contributed by atoms with E-state index in [0.29, 0.717) is 11.4 Å². The van der Waals surface area contributed by atoms with Gasteiger partial charge in [0.1, 0.15) is 5.75 Å². The van der Waals surface area contributed by atoms with Crippen molar-refractivity contribution in [1.82, 2.24) is 0 Å². The van der Waals surface area contributed by atoms with Crippen LogP contribution in [0.5, 0.6) is 5.75 Å². The van der Waals surface area contributed by atoms with Crippen molar-refractivity contribution < 1.29 is 23.1 Å². The van der Waals surface area contributed by atoms with E-state index in [-0.39, 0.29) is 23.6 Å². The number of halogens is 1. The Morgan fingerprint density at radius 3 is 2.68 bits per heavy atom. The number of nitrogens with one attached hydrogen (secondary N) is 1. The van der Waals surface area contributed by atoms with Crippen LogP contribution in [0.2, 0.25) is 5.02 Å². The fourth-order valence-corrected chi connectivity index (χ4v) is 2.74. The van der Waals surface area contributed by atoms with Gasteiger partial charge in [0, 0.05) is 6.42 Å². The van der Waals surface area contributed by atoms with Crippen LogP contribution in [0.25, 0.3) is 0 Å². The molecule has 0 aromatic heterocycles. The molecule has 0 atom stereocenters. The number of aliphatic carboxylic acids is 1. The highest BCUT2D eigenvalue weighted by molar-refractivity contribution is 7.92. The summed E-state index contributed by atoms with van der Waals surface area (Å²) >= 11 is 5.87. The lowest BCUT2D eigenvalue weighted by Crippen LogP contribution is -2.17. The lowest BCUT2D eigenvalue weighted by Gasteiger charge is -2.09. The highest BCUT2D eigenvalue weighted by Gasteiger charge is 2.12. The van der Waals surface area contributed by atoms with Crippen molar-refractivity contribution in [2.75, 3.05) is 17.6 Å². The molecule has 6 nitrogen and oxygen atoms in total. The van der Waals surface area contributed by atoms with E-state index in [1.165, 1.54) is 25.3 Å². The summed E-state index contributed by atoms with van der Waals surface area (Å²) in [4.78, 5) is 10.3. The largest absolute Gasteiger partial charge is 0.495 e. The molecule has 0 amide bonds. The lowest BCUT2D eigenvalue weighted by molar-refractivity contribution is -0.137. The molecule has 0 fully saturated rings. The second-order valence-electron chi connectivity index (χ2n) is 3.77. The van der Waals surface area contributed by atoms with Gasteiger partial charge in [-0.05, 0) is 24.6 Å². The number of hydrogen-bond donors (Lipinski definition) is 2. The molecule has 0 radical (unpaired) electrons. The highest BCUT2D eigenvalue weighted by Crippen LogP contribution is 2.27. The van der Waals surface area contributed by atoms with Crippen LogP contribution < -0.4 is 9.46 Å². The SMILES string of the molecule is COc1ccc(NS(=O)(=O)CCCC(=O)O)cc1Cl. The number of ether oxygens (including phenoxy) is 1. The standard InChI is InChI=1S/C11H14ClNO5S/c1-18-10-5-4-8(7-9(10)12)13-19(16,17)6-2-3-11(14)15/h4-5,7,13H,2-3,6H2,1H3,(H,14,15). The Morgan fingerprint density at radius 2 is 2.16 bits per heavy atom. The Balaban J connectivity index is 2.67. The minimum absolute atomic E-state index is 0.0502. The Kier molecular flexibility index (Phi) is 5.44. The quantitative estimate of drug-likeness (QED) is 0.803. The molecule has 0 saturated heterocycles. The number of anilines is 1. The molecule has 0 saturated carbocycles. The van der Waals surface area contributed by atoms with Crippen LogP contribution >= 0.6 is 11.6 Å². The lowest BCUT2D eigenvalue weighted by atomic mass is 10.3. The normalized spacial score (nSPS) is 11.1. The number of benzene rings is 1. The Labute approximate surface area is 116 Å². The van der Waals surface area contributed by atoms with Gasteiger partial charge in [0.05, 0.1) is 23.6 Å². The molecule has 106 valence electrons. The third kappa shape index (κ3) is 5.35. The molecule has 8 heteroatoms. The molecule has 0 bridgehead atoms. The van der Waals surface area contributed by atoms with Crippen molar-refractivity contribution in [3.63, 3.8) is 0 Å². The summed E-state index contributed by atoms with van der Waals surface area (Å²) < 4.78 is 30.6. The third-order valence-electron chi connectivity index (χ3n) is 2.23. The molecule has 0 aliphatic heterocycles. The van der Waals surface area contributed by atoms with E-state index >= 15 is 0 Å². The first kappa shape index (κ1) is 15.6. The summed E-state index contributed by atoms with van der Waals surface area (Å²) in [6.45, 7) is 0. The Hall–Kier alpha value is -1.47. The summed E-state index contributed by atoms with van der Waals surface area (Å²) in [6.07, 6.45) is -0.140. The fraction of sp³-hybridized carbons (Fsp3) is 0.364. The van der Waals surface area contributed by atoms with E-state index < -0.39 is 16.0 Å². The predicted molar refractivity (Wildman–Crippen MR) is 72.3 cm³/mol. The minimum Gasteiger partial charge on any atom is -0.495 e. The summed E-state index contributed by atoms with van der Waals surface area (Å²) in [5, 5.41) is 8.73. The predicted octanol–water partition coefficient (Wildman–Crippen LogP) is 1.96. The summed E-state index contributed by atoms with van der Waals surface area (Å²) in [7, 11) is -2.12.